The van der Waals surface area contributed by atoms with Crippen LogP contribution >= 0.6 is 0 Å². The highest BCUT2D eigenvalue weighted by atomic mass is 16.1. The zero-order chi connectivity index (χ0) is 16.4. The molecule has 2 N–H and O–H groups in total. The molecule has 24 heavy (non-hydrogen) atoms. The summed E-state index contributed by atoms with van der Waals surface area (Å²) >= 11 is 0. The van der Waals surface area contributed by atoms with E-state index in [-0.39, 0.29) is 5.91 Å². The number of nitrogens with zero attached hydrogens (tertiary/aromatic N) is 5. The second-order valence-electron chi connectivity index (χ2n) is 5.57. The summed E-state index contributed by atoms with van der Waals surface area (Å²) < 4.78 is 3.57. The Morgan fingerprint density at radius 3 is 3.08 bits per heavy atom. The summed E-state index contributed by atoms with van der Waals surface area (Å²) in [6.07, 6.45) is 3.01. The second kappa shape index (κ2) is 6.25. The summed E-state index contributed by atoms with van der Waals surface area (Å²) in [4.78, 5) is 16.5. The predicted molar refractivity (Wildman–Crippen MR) is 86.5 cm³/mol. The second-order valence-corrected chi connectivity index (χ2v) is 5.57. The maximum atomic E-state index is 12.6. The molecular formula is C16H17N7O. The molecule has 0 saturated carbocycles. The number of nitrogens with one attached hydrogen (secondary N) is 2. The van der Waals surface area contributed by atoms with E-state index in [0.29, 0.717) is 17.8 Å². The van der Waals surface area contributed by atoms with Gasteiger partial charge in [-0.1, -0.05) is 12.1 Å². The summed E-state index contributed by atoms with van der Waals surface area (Å²) in [6.45, 7) is 2.99. The minimum Gasteiger partial charge on any atom is -0.346 e. The Balaban J connectivity index is 1.50. The van der Waals surface area contributed by atoms with Crippen molar-refractivity contribution < 1.29 is 4.79 Å². The number of rotatable bonds is 4. The van der Waals surface area contributed by atoms with Crippen LogP contribution in [-0.2, 0) is 19.6 Å². The molecule has 0 saturated heterocycles. The van der Waals surface area contributed by atoms with Gasteiger partial charge in [-0.2, -0.15) is 10.2 Å². The lowest BCUT2D eigenvalue weighted by Gasteiger charge is -2.13. The van der Waals surface area contributed by atoms with Gasteiger partial charge in [0, 0.05) is 13.1 Å². The molecule has 0 bridgehead atoms. The van der Waals surface area contributed by atoms with E-state index >= 15 is 0 Å². The van der Waals surface area contributed by atoms with E-state index in [1.165, 1.54) is 6.33 Å². The highest BCUT2D eigenvalue weighted by Gasteiger charge is 2.15. The summed E-state index contributed by atoms with van der Waals surface area (Å²) in [5, 5.41) is 14.9. The van der Waals surface area contributed by atoms with Crippen LogP contribution in [0.2, 0.25) is 0 Å². The fraction of sp³-hybridized carbons (Fsp3) is 0.250. The Kier molecular flexibility index (Phi) is 3.80. The monoisotopic (exact) mass is 323 g/mol. The third-order valence-electron chi connectivity index (χ3n) is 3.96. The molecule has 3 heterocycles. The molecule has 2 aromatic heterocycles. The smallest absolute Gasteiger partial charge is 0.253 e. The van der Waals surface area contributed by atoms with Crippen molar-refractivity contribution in [3.8, 4) is 5.69 Å². The Hall–Kier alpha value is -3.00. The van der Waals surface area contributed by atoms with Crippen LogP contribution in [0.1, 0.15) is 21.7 Å². The Bertz CT molecular complexity index is 830. The lowest BCUT2D eigenvalue weighted by Crippen LogP contribution is -2.28. The third kappa shape index (κ3) is 2.79. The van der Waals surface area contributed by atoms with Gasteiger partial charge in [-0.3, -0.25) is 9.48 Å². The number of hydrogen-bond acceptors (Lipinski definition) is 5. The summed E-state index contributed by atoms with van der Waals surface area (Å²) in [5.74, 6) is -0.162. The molecule has 0 fully saturated rings. The van der Waals surface area contributed by atoms with Gasteiger partial charge in [0.1, 0.15) is 12.7 Å². The standard InChI is InChI=1S/C16H17N7O/c24-16(14-3-1-2-4-15(14)23-11-18-10-20-23)19-8-12-7-13-9-17-5-6-22(13)21-12/h1-4,7,10-11,17H,5-6,8-9H2,(H,19,24). The Morgan fingerprint density at radius 1 is 1.33 bits per heavy atom. The molecule has 0 radical (unpaired) electrons. The summed E-state index contributed by atoms with van der Waals surface area (Å²) in [5.41, 5.74) is 3.25. The average Bonchev–Trinajstić information content (AvgIpc) is 3.28. The van der Waals surface area contributed by atoms with E-state index in [9.17, 15) is 4.79 Å². The molecule has 4 rings (SSSR count). The van der Waals surface area contributed by atoms with E-state index in [0.717, 1.165) is 31.0 Å². The van der Waals surface area contributed by atoms with E-state index in [2.05, 4.69) is 25.8 Å². The number of fused-ring (bicyclic) bond motifs is 1. The van der Waals surface area contributed by atoms with Crippen LogP contribution < -0.4 is 10.6 Å². The number of carbonyl (C=O) groups excluding carboxylic acids is 1. The zero-order valence-corrected chi connectivity index (χ0v) is 13.0. The van der Waals surface area contributed by atoms with Crippen molar-refractivity contribution in [2.24, 2.45) is 0 Å². The summed E-state index contributed by atoms with van der Waals surface area (Å²) in [6, 6.07) is 9.33. The van der Waals surface area contributed by atoms with Crippen LogP contribution in [0.5, 0.6) is 0 Å². The molecular weight excluding hydrogens is 306 g/mol. The van der Waals surface area contributed by atoms with Crippen LogP contribution in [0.3, 0.4) is 0 Å². The molecule has 0 unspecified atom stereocenters. The van der Waals surface area contributed by atoms with Gasteiger partial charge in [-0.15, -0.1) is 0 Å². The molecule has 1 aliphatic rings. The Morgan fingerprint density at radius 2 is 2.25 bits per heavy atom. The van der Waals surface area contributed by atoms with Crippen LogP contribution in [0.4, 0.5) is 0 Å². The normalized spacial score (nSPS) is 13.5. The van der Waals surface area contributed by atoms with Crippen molar-refractivity contribution >= 4 is 5.91 Å². The number of hydrogen-bond donors (Lipinski definition) is 2. The molecule has 0 atom stereocenters. The highest BCUT2D eigenvalue weighted by Crippen LogP contribution is 2.13. The number of aromatic nitrogens is 5. The van der Waals surface area contributed by atoms with E-state index in [4.69, 9.17) is 0 Å². The van der Waals surface area contributed by atoms with Gasteiger partial charge in [0.15, 0.2) is 0 Å². The first-order valence-corrected chi connectivity index (χ1v) is 7.80. The third-order valence-corrected chi connectivity index (χ3v) is 3.96. The van der Waals surface area contributed by atoms with Crippen molar-refractivity contribution in [2.75, 3.05) is 6.54 Å². The summed E-state index contributed by atoms with van der Waals surface area (Å²) in [7, 11) is 0. The van der Waals surface area contributed by atoms with Gasteiger partial charge < -0.3 is 10.6 Å². The predicted octanol–water partition coefficient (Wildman–Crippen LogP) is 0.497. The van der Waals surface area contributed by atoms with Gasteiger partial charge >= 0.3 is 0 Å². The zero-order valence-electron chi connectivity index (χ0n) is 13.0. The van der Waals surface area contributed by atoms with Gasteiger partial charge in [0.05, 0.1) is 35.7 Å². The van der Waals surface area contributed by atoms with Crippen molar-refractivity contribution in [2.45, 2.75) is 19.6 Å². The molecule has 1 amide bonds. The van der Waals surface area contributed by atoms with Crippen molar-refractivity contribution in [1.82, 2.24) is 35.2 Å². The molecule has 0 spiro atoms. The fourth-order valence-electron chi connectivity index (χ4n) is 2.80. The number of para-hydroxylation sites is 1. The molecule has 3 aromatic rings. The lowest BCUT2D eigenvalue weighted by molar-refractivity contribution is 0.0950. The van der Waals surface area contributed by atoms with E-state index in [1.54, 1.807) is 17.1 Å². The minimum atomic E-state index is -0.162. The van der Waals surface area contributed by atoms with Crippen molar-refractivity contribution in [3.63, 3.8) is 0 Å². The van der Waals surface area contributed by atoms with Crippen LogP contribution in [0, 0.1) is 0 Å². The SMILES string of the molecule is O=C(NCc1cc2n(n1)CCNC2)c1ccccc1-n1cncn1. The van der Waals surface area contributed by atoms with Crippen molar-refractivity contribution in [1.29, 1.82) is 0 Å². The van der Waals surface area contributed by atoms with Gasteiger partial charge in [-0.25, -0.2) is 9.67 Å². The number of amides is 1. The first-order chi connectivity index (χ1) is 11.8. The molecule has 8 heteroatoms. The fourth-order valence-corrected chi connectivity index (χ4v) is 2.80. The molecule has 1 aliphatic heterocycles. The van der Waals surface area contributed by atoms with Gasteiger partial charge in [-0.05, 0) is 18.2 Å². The molecule has 0 aliphatic carbocycles. The van der Waals surface area contributed by atoms with E-state index < -0.39 is 0 Å². The number of benzene rings is 1. The van der Waals surface area contributed by atoms with Crippen LogP contribution in [0.15, 0.2) is 43.0 Å². The largest absolute Gasteiger partial charge is 0.346 e. The maximum Gasteiger partial charge on any atom is 0.253 e. The highest BCUT2D eigenvalue weighted by molar-refractivity contribution is 5.97. The maximum absolute atomic E-state index is 12.6. The molecule has 122 valence electrons. The lowest BCUT2D eigenvalue weighted by atomic mass is 10.1. The average molecular weight is 323 g/mol. The minimum absolute atomic E-state index is 0.162. The topological polar surface area (TPSA) is 89.7 Å². The first kappa shape index (κ1) is 14.6. The Labute approximate surface area is 138 Å². The molecule has 1 aromatic carbocycles. The van der Waals surface area contributed by atoms with Gasteiger partial charge in [0.25, 0.3) is 5.91 Å². The van der Waals surface area contributed by atoms with Gasteiger partial charge in [0.2, 0.25) is 0 Å². The number of carbonyl (C=O) groups is 1. The van der Waals surface area contributed by atoms with Crippen LogP contribution in [0.25, 0.3) is 5.69 Å². The van der Waals surface area contributed by atoms with Crippen LogP contribution in [-0.4, -0.2) is 37.0 Å². The quantitative estimate of drug-likeness (QED) is 0.730. The first-order valence-electron chi connectivity index (χ1n) is 7.80. The van der Waals surface area contributed by atoms with E-state index in [1.807, 2.05) is 28.9 Å². The van der Waals surface area contributed by atoms with Crippen molar-refractivity contribution in [3.05, 3.63) is 59.9 Å². The molecule has 8 nitrogen and oxygen atoms in total.